The zero-order valence-electron chi connectivity index (χ0n) is 16.1. The summed E-state index contributed by atoms with van der Waals surface area (Å²) >= 11 is 3.27. The number of thioether (sulfide) groups is 1. The van der Waals surface area contributed by atoms with E-state index in [1.165, 1.54) is 10.4 Å². The number of carbonyl (C=O) groups is 1. The maximum absolute atomic E-state index is 12.1. The Hall–Kier alpha value is -2.72. The number of fused-ring (bicyclic) bond motifs is 1. The minimum atomic E-state index is 0.00629. The van der Waals surface area contributed by atoms with Gasteiger partial charge in [0.25, 0.3) is 0 Å². The lowest BCUT2D eigenvalue weighted by atomic mass is 10.2. The van der Waals surface area contributed by atoms with Crippen molar-refractivity contribution in [3.63, 3.8) is 0 Å². The van der Waals surface area contributed by atoms with E-state index in [2.05, 4.69) is 44.3 Å². The first-order chi connectivity index (χ1) is 14.1. The number of hydrogen-bond acceptors (Lipinski definition) is 8. The Balaban J connectivity index is 1.23. The van der Waals surface area contributed by atoms with Gasteiger partial charge >= 0.3 is 0 Å². The van der Waals surface area contributed by atoms with Crippen LogP contribution in [0.2, 0.25) is 0 Å². The Morgan fingerprint density at radius 2 is 2.24 bits per heavy atom. The Morgan fingerprint density at radius 1 is 1.34 bits per heavy atom. The Labute approximate surface area is 175 Å². The highest BCUT2D eigenvalue weighted by atomic mass is 32.2. The van der Waals surface area contributed by atoms with Gasteiger partial charge in [-0.25, -0.2) is 15.0 Å². The molecule has 0 aliphatic rings. The van der Waals surface area contributed by atoms with Gasteiger partial charge in [-0.15, -0.1) is 23.1 Å². The topological polar surface area (TPSA) is 110 Å². The van der Waals surface area contributed by atoms with Gasteiger partial charge in [-0.2, -0.15) is 5.10 Å². The van der Waals surface area contributed by atoms with Crippen LogP contribution in [-0.4, -0.2) is 43.4 Å². The van der Waals surface area contributed by atoms with Crippen LogP contribution in [0, 0.1) is 13.8 Å². The molecule has 0 spiro atoms. The van der Waals surface area contributed by atoms with Crippen molar-refractivity contribution in [2.45, 2.75) is 31.7 Å². The number of carbonyl (C=O) groups excluding carboxylic acids is 1. The van der Waals surface area contributed by atoms with Crippen LogP contribution >= 0.6 is 23.1 Å². The van der Waals surface area contributed by atoms with Gasteiger partial charge < -0.3 is 9.73 Å². The second-order valence-corrected chi connectivity index (χ2v) is 8.71. The van der Waals surface area contributed by atoms with E-state index in [-0.39, 0.29) is 5.91 Å². The van der Waals surface area contributed by atoms with Gasteiger partial charge in [0.2, 0.25) is 11.7 Å². The molecule has 4 aromatic rings. The van der Waals surface area contributed by atoms with E-state index < -0.39 is 0 Å². The maximum Gasteiger partial charge on any atom is 0.220 e. The van der Waals surface area contributed by atoms with E-state index in [1.807, 2.05) is 0 Å². The van der Waals surface area contributed by atoms with Crippen molar-refractivity contribution in [1.82, 2.24) is 30.5 Å². The minimum absolute atomic E-state index is 0.00629. The molecule has 0 saturated carbocycles. The van der Waals surface area contributed by atoms with Crippen molar-refractivity contribution in [1.29, 1.82) is 0 Å². The molecule has 1 amide bonds. The summed E-state index contributed by atoms with van der Waals surface area (Å²) in [4.78, 5) is 27.5. The summed E-state index contributed by atoms with van der Waals surface area (Å²) in [5.74, 6) is 2.51. The fourth-order valence-corrected chi connectivity index (χ4v) is 4.89. The molecule has 0 radical (unpaired) electrons. The predicted octanol–water partition coefficient (Wildman–Crippen LogP) is 3.53. The third-order valence-corrected chi connectivity index (χ3v) is 6.56. The number of furan rings is 1. The van der Waals surface area contributed by atoms with Crippen LogP contribution in [0.4, 0.5) is 0 Å². The van der Waals surface area contributed by atoms with Gasteiger partial charge in [-0.05, 0) is 31.5 Å². The van der Waals surface area contributed by atoms with E-state index in [1.54, 1.807) is 47.8 Å². The van der Waals surface area contributed by atoms with Gasteiger partial charge in [0.05, 0.1) is 6.26 Å². The summed E-state index contributed by atoms with van der Waals surface area (Å²) in [5.41, 5.74) is 1.22. The van der Waals surface area contributed by atoms with Crippen LogP contribution in [-0.2, 0) is 11.2 Å². The molecular weight excluding hydrogens is 408 g/mol. The quantitative estimate of drug-likeness (QED) is 0.326. The van der Waals surface area contributed by atoms with E-state index in [4.69, 9.17) is 4.42 Å². The molecule has 0 bridgehead atoms. The average Bonchev–Trinajstić information content (AvgIpc) is 3.44. The van der Waals surface area contributed by atoms with Crippen molar-refractivity contribution in [2.24, 2.45) is 0 Å². The average molecular weight is 429 g/mol. The van der Waals surface area contributed by atoms with E-state index >= 15 is 0 Å². The highest BCUT2D eigenvalue weighted by Gasteiger charge is 2.13. The molecule has 0 atom stereocenters. The molecule has 10 heteroatoms. The molecule has 150 valence electrons. The number of rotatable bonds is 8. The SMILES string of the molecule is Cc1sc2ncnc(SCCC(=O)NCCc3nc(-c4ccco4)n[nH]3)c2c1C. The second kappa shape index (κ2) is 8.75. The second-order valence-electron chi connectivity index (χ2n) is 6.42. The fraction of sp³-hybridized carbons (Fsp3) is 0.316. The van der Waals surface area contributed by atoms with Crippen LogP contribution in [0.15, 0.2) is 34.2 Å². The van der Waals surface area contributed by atoms with Crippen LogP contribution in [0.3, 0.4) is 0 Å². The summed E-state index contributed by atoms with van der Waals surface area (Å²) in [6.07, 6.45) is 4.17. The Kier molecular flexibility index (Phi) is 5.91. The van der Waals surface area contributed by atoms with Crippen molar-refractivity contribution >= 4 is 39.2 Å². The molecule has 0 aliphatic heterocycles. The lowest BCUT2D eigenvalue weighted by Crippen LogP contribution is -2.26. The Morgan fingerprint density at radius 3 is 3.07 bits per heavy atom. The van der Waals surface area contributed by atoms with Gasteiger partial charge in [-0.1, -0.05) is 0 Å². The van der Waals surface area contributed by atoms with Crippen LogP contribution in [0.25, 0.3) is 21.8 Å². The normalized spacial score (nSPS) is 11.2. The molecule has 0 aromatic carbocycles. The van der Waals surface area contributed by atoms with E-state index in [9.17, 15) is 4.79 Å². The number of nitrogens with one attached hydrogen (secondary N) is 2. The number of nitrogens with zero attached hydrogens (tertiary/aromatic N) is 4. The smallest absolute Gasteiger partial charge is 0.220 e. The number of aromatic amines is 1. The fourth-order valence-electron chi connectivity index (χ4n) is 2.83. The van der Waals surface area contributed by atoms with Crippen molar-refractivity contribution in [3.8, 4) is 11.6 Å². The summed E-state index contributed by atoms with van der Waals surface area (Å²) in [6, 6.07) is 3.59. The molecule has 4 rings (SSSR count). The zero-order chi connectivity index (χ0) is 20.2. The van der Waals surface area contributed by atoms with Crippen LogP contribution in [0.1, 0.15) is 22.7 Å². The molecule has 0 unspecified atom stereocenters. The summed E-state index contributed by atoms with van der Waals surface area (Å²) < 4.78 is 5.27. The predicted molar refractivity (Wildman–Crippen MR) is 113 cm³/mol. The summed E-state index contributed by atoms with van der Waals surface area (Å²) in [5, 5.41) is 12.0. The lowest BCUT2D eigenvalue weighted by molar-refractivity contribution is -0.120. The van der Waals surface area contributed by atoms with E-state index in [0.29, 0.717) is 42.5 Å². The van der Waals surface area contributed by atoms with Gasteiger partial charge in [0, 0.05) is 35.4 Å². The standard InChI is InChI=1S/C19H20N6O2S2/c1-11-12(2)29-19-16(11)18(21-10-22-19)28-9-6-15(26)20-7-5-14-23-17(25-24-14)13-4-3-8-27-13/h3-4,8,10H,5-7,9H2,1-2H3,(H,20,26)(H,23,24,25). The van der Waals surface area contributed by atoms with Crippen LogP contribution in [0.5, 0.6) is 0 Å². The van der Waals surface area contributed by atoms with Crippen molar-refractivity contribution in [3.05, 3.63) is 41.0 Å². The van der Waals surface area contributed by atoms with Gasteiger partial charge in [-0.3, -0.25) is 9.89 Å². The van der Waals surface area contributed by atoms with Gasteiger partial charge in [0.1, 0.15) is 22.0 Å². The third kappa shape index (κ3) is 4.48. The summed E-state index contributed by atoms with van der Waals surface area (Å²) in [6.45, 7) is 4.68. The molecule has 8 nitrogen and oxygen atoms in total. The highest BCUT2D eigenvalue weighted by Crippen LogP contribution is 2.34. The number of hydrogen-bond donors (Lipinski definition) is 2. The molecule has 2 N–H and O–H groups in total. The number of thiophene rings is 1. The largest absolute Gasteiger partial charge is 0.461 e. The highest BCUT2D eigenvalue weighted by molar-refractivity contribution is 7.99. The zero-order valence-corrected chi connectivity index (χ0v) is 17.7. The molecule has 29 heavy (non-hydrogen) atoms. The monoisotopic (exact) mass is 428 g/mol. The number of aromatic nitrogens is 5. The number of H-pyrrole nitrogens is 1. The van der Waals surface area contributed by atoms with Crippen molar-refractivity contribution in [2.75, 3.05) is 12.3 Å². The van der Waals surface area contributed by atoms with Crippen molar-refractivity contribution < 1.29 is 9.21 Å². The van der Waals surface area contributed by atoms with Crippen LogP contribution < -0.4 is 5.32 Å². The van der Waals surface area contributed by atoms with E-state index in [0.717, 1.165) is 15.2 Å². The molecule has 0 saturated heterocycles. The molecule has 0 aliphatic carbocycles. The third-order valence-electron chi connectivity index (χ3n) is 4.46. The first kappa shape index (κ1) is 19.6. The summed E-state index contributed by atoms with van der Waals surface area (Å²) in [7, 11) is 0. The molecule has 4 aromatic heterocycles. The number of amides is 1. The maximum atomic E-state index is 12.1. The molecule has 0 fully saturated rings. The number of aryl methyl sites for hydroxylation is 2. The molecule has 4 heterocycles. The molecular formula is C19H20N6O2S2. The van der Waals surface area contributed by atoms with Gasteiger partial charge in [0.15, 0.2) is 5.76 Å². The lowest BCUT2D eigenvalue weighted by Gasteiger charge is -2.05. The first-order valence-corrected chi connectivity index (χ1v) is 11.0. The first-order valence-electron chi connectivity index (χ1n) is 9.17. The minimum Gasteiger partial charge on any atom is -0.461 e. The Bertz CT molecular complexity index is 1120.